The highest BCUT2D eigenvalue weighted by Crippen LogP contribution is 2.16. The monoisotopic (exact) mass is 357 g/mol. The summed E-state index contributed by atoms with van der Waals surface area (Å²) in [5.74, 6) is 0.790. The van der Waals surface area contributed by atoms with E-state index in [1.165, 1.54) is 31.4 Å². The number of hydrogen-bond donors (Lipinski definition) is 1. The van der Waals surface area contributed by atoms with Gasteiger partial charge in [-0.1, -0.05) is 31.0 Å². The van der Waals surface area contributed by atoms with Crippen LogP contribution in [0.15, 0.2) is 35.3 Å². The SMILES string of the molecule is NC(=NCCC(=O)N1CCN(c2ccccc2)CC1)N1CCCCCC1. The molecule has 2 aliphatic heterocycles. The number of nitrogens with zero attached hydrogens (tertiary/aromatic N) is 4. The van der Waals surface area contributed by atoms with Crippen molar-refractivity contribution < 1.29 is 4.79 Å². The molecule has 0 unspecified atom stereocenters. The van der Waals surface area contributed by atoms with Crippen molar-refractivity contribution >= 4 is 17.6 Å². The molecule has 2 aliphatic rings. The first-order valence-electron chi connectivity index (χ1n) is 9.87. The fourth-order valence-corrected chi connectivity index (χ4v) is 3.68. The summed E-state index contributed by atoms with van der Waals surface area (Å²) < 4.78 is 0. The van der Waals surface area contributed by atoms with Gasteiger partial charge in [0.15, 0.2) is 5.96 Å². The van der Waals surface area contributed by atoms with Gasteiger partial charge in [0.2, 0.25) is 5.91 Å². The van der Waals surface area contributed by atoms with Gasteiger partial charge in [-0.3, -0.25) is 9.79 Å². The summed E-state index contributed by atoms with van der Waals surface area (Å²) in [6.07, 6.45) is 5.36. The standard InChI is InChI=1S/C20H31N5O/c21-20(25-12-6-1-2-7-13-25)22-11-10-19(26)24-16-14-23(15-17-24)18-8-4-3-5-9-18/h3-5,8-9H,1-2,6-7,10-17H2,(H2,21,22). The lowest BCUT2D eigenvalue weighted by Crippen LogP contribution is -2.49. The Morgan fingerprint density at radius 1 is 0.885 bits per heavy atom. The molecule has 1 amide bonds. The molecule has 0 saturated carbocycles. The third-order valence-corrected chi connectivity index (χ3v) is 5.28. The number of rotatable bonds is 4. The van der Waals surface area contributed by atoms with E-state index in [9.17, 15) is 4.79 Å². The Balaban J connectivity index is 1.41. The predicted octanol–water partition coefficient (Wildman–Crippen LogP) is 1.92. The van der Waals surface area contributed by atoms with Gasteiger partial charge in [0.25, 0.3) is 0 Å². The van der Waals surface area contributed by atoms with Crippen LogP contribution >= 0.6 is 0 Å². The maximum Gasteiger partial charge on any atom is 0.224 e. The molecule has 0 radical (unpaired) electrons. The number of nitrogens with two attached hydrogens (primary N) is 1. The lowest BCUT2D eigenvalue weighted by atomic mass is 10.2. The predicted molar refractivity (Wildman–Crippen MR) is 106 cm³/mol. The van der Waals surface area contributed by atoms with Crippen LogP contribution in [0.4, 0.5) is 5.69 Å². The minimum atomic E-state index is 0.185. The number of amides is 1. The average molecular weight is 358 g/mol. The van der Waals surface area contributed by atoms with Gasteiger partial charge in [-0.25, -0.2) is 0 Å². The van der Waals surface area contributed by atoms with E-state index in [-0.39, 0.29) is 5.91 Å². The van der Waals surface area contributed by atoms with E-state index in [0.29, 0.717) is 18.9 Å². The molecule has 3 rings (SSSR count). The Bertz CT molecular complexity index is 587. The first-order valence-corrected chi connectivity index (χ1v) is 9.87. The maximum atomic E-state index is 12.4. The van der Waals surface area contributed by atoms with Gasteiger partial charge in [0.05, 0.1) is 6.54 Å². The molecule has 2 fully saturated rings. The highest BCUT2D eigenvalue weighted by atomic mass is 16.2. The third kappa shape index (κ3) is 5.13. The lowest BCUT2D eigenvalue weighted by Gasteiger charge is -2.36. The number of carbonyl (C=O) groups excluding carboxylic acids is 1. The first-order chi connectivity index (χ1) is 12.7. The molecule has 0 atom stereocenters. The molecular weight excluding hydrogens is 326 g/mol. The van der Waals surface area contributed by atoms with Crippen LogP contribution < -0.4 is 10.6 Å². The van der Waals surface area contributed by atoms with E-state index in [4.69, 9.17) is 5.73 Å². The molecule has 0 aliphatic carbocycles. The second kappa shape index (κ2) is 9.46. The number of aliphatic imine (C=N–C) groups is 1. The molecule has 6 nitrogen and oxygen atoms in total. The van der Waals surface area contributed by atoms with Gasteiger partial charge in [-0.05, 0) is 25.0 Å². The van der Waals surface area contributed by atoms with E-state index >= 15 is 0 Å². The van der Waals surface area contributed by atoms with E-state index in [1.54, 1.807) is 0 Å². The van der Waals surface area contributed by atoms with Crippen molar-refractivity contribution in [1.82, 2.24) is 9.80 Å². The normalized spacial score (nSPS) is 19.4. The molecule has 2 N–H and O–H groups in total. The van der Waals surface area contributed by atoms with Crippen LogP contribution in [0.5, 0.6) is 0 Å². The van der Waals surface area contributed by atoms with Gasteiger partial charge in [0, 0.05) is 51.4 Å². The third-order valence-electron chi connectivity index (χ3n) is 5.28. The van der Waals surface area contributed by atoms with Crippen molar-refractivity contribution in [2.24, 2.45) is 10.7 Å². The zero-order valence-electron chi connectivity index (χ0n) is 15.6. The van der Waals surface area contributed by atoms with Crippen molar-refractivity contribution in [3.05, 3.63) is 30.3 Å². The average Bonchev–Trinajstić information content (AvgIpc) is 2.98. The zero-order chi connectivity index (χ0) is 18.2. The Morgan fingerprint density at radius 2 is 1.54 bits per heavy atom. The minimum Gasteiger partial charge on any atom is -0.370 e. The van der Waals surface area contributed by atoms with Gasteiger partial charge in [0.1, 0.15) is 0 Å². The highest BCUT2D eigenvalue weighted by molar-refractivity contribution is 5.79. The van der Waals surface area contributed by atoms with Crippen LogP contribution in [0.25, 0.3) is 0 Å². The summed E-state index contributed by atoms with van der Waals surface area (Å²) in [4.78, 5) is 23.3. The Labute approximate surface area is 156 Å². The zero-order valence-corrected chi connectivity index (χ0v) is 15.6. The van der Waals surface area contributed by atoms with Crippen molar-refractivity contribution in [3.63, 3.8) is 0 Å². The van der Waals surface area contributed by atoms with Gasteiger partial charge >= 0.3 is 0 Å². The van der Waals surface area contributed by atoms with Crippen LogP contribution in [0, 0.1) is 0 Å². The number of hydrogen-bond acceptors (Lipinski definition) is 3. The summed E-state index contributed by atoms with van der Waals surface area (Å²) in [5.41, 5.74) is 7.34. The Morgan fingerprint density at radius 3 is 2.19 bits per heavy atom. The molecule has 0 bridgehead atoms. The second-order valence-electron chi connectivity index (χ2n) is 7.09. The number of piperazine rings is 1. The molecule has 1 aromatic rings. The second-order valence-corrected chi connectivity index (χ2v) is 7.09. The fraction of sp³-hybridized carbons (Fsp3) is 0.600. The van der Waals surface area contributed by atoms with Gasteiger partial charge in [-0.2, -0.15) is 0 Å². The van der Waals surface area contributed by atoms with Crippen molar-refractivity contribution in [3.8, 4) is 0 Å². The highest BCUT2D eigenvalue weighted by Gasteiger charge is 2.21. The number of benzene rings is 1. The molecule has 0 spiro atoms. The van der Waals surface area contributed by atoms with E-state index in [1.807, 2.05) is 11.0 Å². The molecule has 2 saturated heterocycles. The quantitative estimate of drug-likeness (QED) is 0.660. The molecule has 0 aromatic heterocycles. The van der Waals surface area contributed by atoms with Crippen LogP contribution in [-0.2, 0) is 4.79 Å². The molecular formula is C20H31N5O. The topological polar surface area (TPSA) is 65.2 Å². The van der Waals surface area contributed by atoms with Crippen LogP contribution in [-0.4, -0.2) is 67.5 Å². The summed E-state index contributed by atoms with van der Waals surface area (Å²) in [5, 5.41) is 0. The Hall–Kier alpha value is -2.24. The van der Waals surface area contributed by atoms with E-state index in [2.05, 4.69) is 39.1 Å². The van der Waals surface area contributed by atoms with Crippen LogP contribution in [0.2, 0.25) is 0 Å². The molecule has 6 heteroatoms. The largest absolute Gasteiger partial charge is 0.370 e. The lowest BCUT2D eigenvalue weighted by molar-refractivity contribution is -0.131. The smallest absolute Gasteiger partial charge is 0.224 e. The van der Waals surface area contributed by atoms with Crippen molar-refractivity contribution in [2.45, 2.75) is 32.1 Å². The maximum absolute atomic E-state index is 12.4. The number of para-hydroxylation sites is 1. The number of anilines is 1. The van der Waals surface area contributed by atoms with Crippen LogP contribution in [0.1, 0.15) is 32.1 Å². The van der Waals surface area contributed by atoms with Crippen LogP contribution in [0.3, 0.4) is 0 Å². The minimum absolute atomic E-state index is 0.185. The summed E-state index contributed by atoms with van der Waals surface area (Å²) in [7, 11) is 0. The summed E-state index contributed by atoms with van der Waals surface area (Å²) in [6.45, 7) is 5.79. The molecule has 142 valence electrons. The number of guanidine groups is 1. The summed E-state index contributed by atoms with van der Waals surface area (Å²) in [6, 6.07) is 10.4. The first kappa shape index (κ1) is 18.5. The van der Waals surface area contributed by atoms with Gasteiger partial charge in [-0.15, -0.1) is 0 Å². The number of carbonyl (C=O) groups is 1. The molecule has 26 heavy (non-hydrogen) atoms. The van der Waals surface area contributed by atoms with Crippen molar-refractivity contribution in [2.75, 3.05) is 50.7 Å². The number of likely N-dealkylation sites (tertiary alicyclic amines) is 1. The van der Waals surface area contributed by atoms with E-state index < -0.39 is 0 Å². The summed E-state index contributed by atoms with van der Waals surface area (Å²) >= 11 is 0. The fourth-order valence-electron chi connectivity index (χ4n) is 3.68. The van der Waals surface area contributed by atoms with E-state index in [0.717, 1.165) is 39.3 Å². The molecule has 1 aromatic carbocycles. The molecule has 2 heterocycles. The Kier molecular flexibility index (Phi) is 6.75. The van der Waals surface area contributed by atoms with Crippen molar-refractivity contribution in [1.29, 1.82) is 0 Å². The van der Waals surface area contributed by atoms with Gasteiger partial charge < -0.3 is 20.4 Å².